The molecule has 0 spiro atoms. The van der Waals surface area contributed by atoms with Crippen molar-refractivity contribution >= 4 is 23.2 Å². The first-order valence-electron chi connectivity index (χ1n) is 7.57. The molecule has 6 nitrogen and oxygen atoms in total. The number of carbonyl (C=O) groups is 1. The van der Waals surface area contributed by atoms with E-state index < -0.39 is 0 Å². The predicted molar refractivity (Wildman–Crippen MR) is 92.7 cm³/mol. The molecule has 0 fully saturated rings. The highest BCUT2D eigenvalue weighted by molar-refractivity contribution is 6.33. The lowest BCUT2D eigenvalue weighted by Crippen LogP contribution is -2.20. The van der Waals surface area contributed by atoms with Gasteiger partial charge in [-0.2, -0.15) is 4.80 Å². The van der Waals surface area contributed by atoms with Crippen LogP contribution in [-0.2, 0) is 17.8 Å². The molecule has 1 heterocycles. The monoisotopic (exact) mass is 341 g/mol. The highest BCUT2D eigenvalue weighted by atomic mass is 35.5. The molecule has 3 rings (SSSR count). The van der Waals surface area contributed by atoms with Gasteiger partial charge in [-0.15, -0.1) is 10.2 Å². The Bertz CT molecular complexity index is 844. The third kappa shape index (κ3) is 3.78. The molecule has 122 valence electrons. The zero-order valence-electron chi connectivity index (χ0n) is 13.1. The molecule has 0 aliphatic heterocycles. The van der Waals surface area contributed by atoms with Gasteiger partial charge in [0.25, 0.3) is 0 Å². The molecule has 0 saturated heterocycles. The molecule has 7 heteroatoms. The van der Waals surface area contributed by atoms with Crippen molar-refractivity contribution in [1.29, 1.82) is 0 Å². The number of aryl methyl sites for hydroxylation is 1. The van der Waals surface area contributed by atoms with Crippen LogP contribution in [0.25, 0.3) is 11.4 Å². The smallest absolute Gasteiger partial charge is 0.248 e. The Hall–Kier alpha value is -2.73. The maximum Gasteiger partial charge on any atom is 0.248 e. The third-order valence-electron chi connectivity index (χ3n) is 3.51. The first kappa shape index (κ1) is 16.1. The highest BCUT2D eigenvalue weighted by Gasteiger charge is 2.10. The minimum Gasteiger partial charge on any atom is -0.323 e. The zero-order valence-corrected chi connectivity index (χ0v) is 13.9. The maximum atomic E-state index is 12.1. The molecule has 0 atom stereocenters. The van der Waals surface area contributed by atoms with E-state index in [0.717, 1.165) is 12.0 Å². The van der Waals surface area contributed by atoms with E-state index in [4.69, 9.17) is 11.6 Å². The molecular formula is C17H16ClN5O. The molecule has 3 aromatic rings. The molecular weight excluding hydrogens is 326 g/mol. The van der Waals surface area contributed by atoms with Gasteiger partial charge in [-0.3, -0.25) is 4.79 Å². The second-order valence-corrected chi connectivity index (χ2v) is 5.63. The number of anilines is 1. The van der Waals surface area contributed by atoms with Gasteiger partial charge >= 0.3 is 0 Å². The van der Waals surface area contributed by atoms with Crippen molar-refractivity contribution in [2.75, 3.05) is 5.32 Å². The minimum absolute atomic E-state index is 0.0364. The van der Waals surface area contributed by atoms with Crippen molar-refractivity contribution in [3.63, 3.8) is 0 Å². The predicted octanol–water partition coefficient (Wildman–Crippen LogP) is 3.19. The Kier molecular flexibility index (Phi) is 4.86. The lowest BCUT2D eigenvalue weighted by atomic mass is 10.1. The summed E-state index contributed by atoms with van der Waals surface area (Å²) in [7, 11) is 0. The average molecular weight is 342 g/mol. The largest absolute Gasteiger partial charge is 0.323 e. The van der Waals surface area contributed by atoms with E-state index in [9.17, 15) is 4.79 Å². The Balaban J connectivity index is 1.67. The Morgan fingerprint density at radius 3 is 2.62 bits per heavy atom. The van der Waals surface area contributed by atoms with Gasteiger partial charge < -0.3 is 5.32 Å². The van der Waals surface area contributed by atoms with Crippen molar-refractivity contribution in [2.24, 2.45) is 0 Å². The minimum atomic E-state index is -0.270. The molecule has 0 radical (unpaired) electrons. The number of benzene rings is 2. The standard InChI is InChI=1S/C17H16ClN5O/c1-2-12-7-9-13(10-8-12)17-20-22-23(21-17)11-16(24)19-15-6-4-3-5-14(15)18/h3-10H,2,11H2,1H3,(H,19,24). The van der Waals surface area contributed by atoms with Crippen LogP contribution in [0.5, 0.6) is 0 Å². The van der Waals surface area contributed by atoms with Gasteiger partial charge in [0.05, 0.1) is 10.7 Å². The topological polar surface area (TPSA) is 72.7 Å². The Morgan fingerprint density at radius 2 is 1.92 bits per heavy atom. The number of halogens is 1. The Morgan fingerprint density at radius 1 is 1.17 bits per heavy atom. The summed E-state index contributed by atoms with van der Waals surface area (Å²) in [6.45, 7) is 2.06. The van der Waals surface area contributed by atoms with Crippen LogP contribution in [0.15, 0.2) is 48.5 Å². The van der Waals surface area contributed by atoms with Crippen LogP contribution in [0.4, 0.5) is 5.69 Å². The number of carbonyl (C=O) groups excluding carboxylic acids is 1. The van der Waals surface area contributed by atoms with E-state index in [1.54, 1.807) is 24.3 Å². The van der Waals surface area contributed by atoms with Crippen molar-refractivity contribution < 1.29 is 4.79 Å². The van der Waals surface area contributed by atoms with Crippen LogP contribution in [0.3, 0.4) is 0 Å². The van der Waals surface area contributed by atoms with Crippen LogP contribution in [0.1, 0.15) is 12.5 Å². The van der Waals surface area contributed by atoms with Gasteiger partial charge in [0, 0.05) is 5.56 Å². The first-order valence-corrected chi connectivity index (χ1v) is 7.95. The van der Waals surface area contributed by atoms with Crippen LogP contribution >= 0.6 is 11.6 Å². The van der Waals surface area contributed by atoms with E-state index in [1.165, 1.54) is 10.4 Å². The number of aromatic nitrogens is 4. The zero-order chi connectivity index (χ0) is 16.9. The maximum absolute atomic E-state index is 12.1. The normalized spacial score (nSPS) is 10.6. The quantitative estimate of drug-likeness (QED) is 0.773. The lowest BCUT2D eigenvalue weighted by Gasteiger charge is -2.05. The molecule has 1 aromatic heterocycles. The third-order valence-corrected chi connectivity index (χ3v) is 3.84. The van der Waals surface area contributed by atoms with Gasteiger partial charge in [0.1, 0.15) is 6.54 Å². The number of tetrazole rings is 1. The van der Waals surface area contributed by atoms with E-state index in [0.29, 0.717) is 16.5 Å². The molecule has 2 aromatic carbocycles. The van der Waals surface area contributed by atoms with Gasteiger partial charge in [-0.05, 0) is 29.3 Å². The average Bonchev–Trinajstić information content (AvgIpc) is 3.05. The number of hydrogen-bond donors (Lipinski definition) is 1. The van der Waals surface area contributed by atoms with Gasteiger partial charge in [0.15, 0.2) is 0 Å². The molecule has 0 saturated carbocycles. The first-order chi connectivity index (χ1) is 11.7. The molecule has 0 unspecified atom stereocenters. The van der Waals surface area contributed by atoms with E-state index in [-0.39, 0.29) is 12.5 Å². The second-order valence-electron chi connectivity index (χ2n) is 5.22. The van der Waals surface area contributed by atoms with Crippen molar-refractivity contribution in [3.8, 4) is 11.4 Å². The summed E-state index contributed by atoms with van der Waals surface area (Å²) in [5.74, 6) is 0.219. The molecule has 0 aliphatic rings. The van der Waals surface area contributed by atoms with Gasteiger partial charge in [-0.25, -0.2) is 0 Å². The fraction of sp³-hybridized carbons (Fsp3) is 0.176. The Labute approximate surface area is 144 Å². The van der Waals surface area contributed by atoms with Crippen LogP contribution in [0.2, 0.25) is 5.02 Å². The van der Waals surface area contributed by atoms with Crippen molar-refractivity contribution in [1.82, 2.24) is 20.2 Å². The van der Waals surface area contributed by atoms with Crippen molar-refractivity contribution in [3.05, 3.63) is 59.1 Å². The number of rotatable bonds is 5. The number of hydrogen-bond acceptors (Lipinski definition) is 4. The number of nitrogens with zero attached hydrogens (tertiary/aromatic N) is 4. The van der Waals surface area contributed by atoms with E-state index in [1.807, 2.05) is 24.3 Å². The van der Waals surface area contributed by atoms with Gasteiger partial charge in [0.2, 0.25) is 11.7 Å². The molecule has 1 amide bonds. The highest BCUT2D eigenvalue weighted by Crippen LogP contribution is 2.20. The lowest BCUT2D eigenvalue weighted by molar-refractivity contribution is -0.117. The van der Waals surface area contributed by atoms with Crippen LogP contribution in [0, 0.1) is 0 Å². The number of para-hydroxylation sites is 1. The van der Waals surface area contributed by atoms with Crippen LogP contribution in [-0.4, -0.2) is 26.1 Å². The van der Waals surface area contributed by atoms with E-state index >= 15 is 0 Å². The summed E-state index contributed by atoms with van der Waals surface area (Å²) in [5, 5.41) is 15.4. The summed E-state index contributed by atoms with van der Waals surface area (Å²) in [6.07, 6.45) is 0.975. The summed E-state index contributed by atoms with van der Waals surface area (Å²) in [6, 6.07) is 15.0. The molecule has 1 N–H and O–H groups in total. The van der Waals surface area contributed by atoms with Gasteiger partial charge in [-0.1, -0.05) is 54.9 Å². The van der Waals surface area contributed by atoms with E-state index in [2.05, 4.69) is 27.7 Å². The van der Waals surface area contributed by atoms with Crippen LogP contribution < -0.4 is 5.32 Å². The summed E-state index contributed by atoms with van der Waals surface area (Å²) in [5.41, 5.74) is 2.66. The second kappa shape index (κ2) is 7.23. The van der Waals surface area contributed by atoms with Crippen molar-refractivity contribution in [2.45, 2.75) is 19.9 Å². The summed E-state index contributed by atoms with van der Waals surface area (Å²) in [4.78, 5) is 13.3. The molecule has 24 heavy (non-hydrogen) atoms. The number of nitrogens with one attached hydrogen (secondary N) is 1. The fourth-order valence-corrected chi connectivity index (χ4v) is 2.38. The summed E-state index contributed by atoms with van der Waals surface area (Å²) < 4.78 is 0. The SMILES string of the molecule is CCc1ccc(-c2nnn(CC(=O)Nc3ccccc3Cl)n2)cc1. The summed E-state index contributed by atoms with van der Waals surface area (Å²) >= 11 is 6.02. The number of amides is 1. The molecule has 0 bridgehead atoms. The molecule has 0 aliphatic carbocycles. The fourth-order valence-electron chi connectivity index (χ4n) is 2.20.